The number of halogens is 3. The second-order valence-corrected chi connectivity index (χ2v) is 6.34. The first-order valence-corrected chi connectivity index (χ1v) is 8.61. The molecule has 9 heteroatoms. The van der Waals surface area contributed by atoms with E-state index in [1.54, 1.807) is 24.4 Å². The third-order valence-corrected chi connectivity index (χ3v) is 4.33. The number of fused-ring (bicyclic) bond motifs is 1. The van der Waals surface area contributed by atoms with Crippen molar-refractivity contribution in [2.45, 2.75) is 19.6 Å². The van der Waals surface area contributed by atoms with Crippen LogP contribution in [-0.4, -0.2) is 28.8 Å². The Labute approximate surface area is 164 Å². The fraction of sp³-hybridized carbons (Fsp3) is 0.200. The Balaban J connectivity index is 1.98. The van der Waals surface area contributed by atoms with Crippen LogP contribution in [0.15, 0.2) is 48.7 Å². The number of nitrogens with one attached hydrogen (secondary N) is 1. The molecule has 0 saturated heterocycles. The zero-order chi connectivity index (χ0) is 21.2. The van der Waals surface area contributed by atoms with Crippen LogP contribution < -0.4 is 10.2 Å². The number of rotatable bonds is 4. The highest BCUT2D eigenvalue weighted by atomic mass is 19.4. The Kier molecular flexibility index (Phi) is 5.49. The molecular weight excluding hydrogens is 385 g/mol. The van der Waals surface area contributed by atoms with Gasteiger partial charge in [0.05, 0.1) is 23.3 Å². The Bertz CT molecular complexity index is 1070. The number of carbonyl (C=O) groups excluding carboxylic acids is 2. The number of hydrogen-bond acceptors (Lipinski definition) is 4. The zero-order valence-corrected chi connectivity index (χ0v) is 15.6. The molecule has 2 heterocycles. The van der Waals surface area contributed by atoms with Crippen molar-refractivity contribution in [1.29, 1.82) is 0 Å². The monoisotopic (exact) mass is 402 g/mol. The number of carbonyl (C=O) groups is 2. The molecule has 3 rings (SSSR count). The predicted molar refractivity (Wildman–Crippen MR) is 101 cm³/mol. The molecule has 0 unspecified atom stereocenters. The SMILES string of the molecule is CC(=O)N(C)c1cc(C(F)(F)F)c2nc(C(=O)NCc3ccccn3)ccc2c1. The van der Waals surface area contributed by atoms with Crippen LogP contribution in [0.2, 0.25) is 0 Å². The summed E-state index contributed by atoms with van der Waals surface area (Å²) in [6, 6.07) is 10.2. The lowest BCUT2D eigenvalue weighted by atomic mass is 10.1. The minimum absolute atomic E-state index is 0.0893. The van der Waals surface area contributed by atoms with E-state index in [-0.39, 0.29) is 28.8 Å². The Morgan fingerprint density at radius 2 is 1.90 bits per heavy atom. The number of anilines is 1. The van der Waals surface area contributed by atoms with E-state index in [1.807, 2.05) is 0 Å². The number of alkyl halides is 3. The number of aromatic nitrogens is 2. The molecule has 150 valence electrons. The van der Waals surface area contributed by atoms with Crippen LogP contribution in [0.1, 0.15) is 28.7 Å². The molecule has 2 amide bonds. The minimum Gasteiger partial charge on any atom is -0.345 e. The third kappa shape index (κ3) is 4.50. The van der Waals surface area contributed by atoms with Gasteiger partial charge in [-0.05, 0) is 30.3 Å². The maximum atomic E-state index is 13.6. The summed E-state index contributed by atoms with van der Waals surface area (Å²) in [5.74, 6) is -1.02. The van der Waals surface area contributed by atoms with Crippen molar-refractivity contribution in [3.05, 3.63) is 65.6 Å². The highest BCUT2D eigenvalue weighted by molar-refractivity contribution is 5.98. The summed E-state index contributed by atoms with van der Waals surface area (Å²) >= 11 is 0. The smallest absolute Gasteiger partial charge is 0.345 e. The number of amides is 2. The average molecular weight is 402 g/mol. The summed E-state index contributed by atoms with van der Waals surface area (Å²) in [5, 5.41) is 2.76. The summed E-state index contributed by atoms with van der Waals surface area (Å²) in [6.45, 7) is 1.37. The molecule has 2 aromatic heterocycles. The summed E-state index contributed by atoms with van der Waals surface area (Å²) in [6.07, 6.45) is -3.14. The van der Waals surface area contributed by atoms with E-state index >= 15 is 0 Å². The first-order valence-electron chi connectivity index (χ1n) is 8.61. The van der Waals surface area contributed by atoms with E-state index in [1.165, 1.54) is 32.2 Å². The van der Waals surface area contributed by atoms with Crippen molar-refractivity contribution in [3.8, 4) is 0 Å². The topological polar surface area (TPSA) is 75.2 Å². The van der Waals surface area contributed by atoms with E-state index in [0.717, 1.165) is 11.0 Å². The normalized spacial score (nSPS) is 11.3. The molecule has 0 aliphatic carbocycles. The van der Waals surface area contributed by atoms with Gasteiger partial charge in [-0.3, -0.25) is 14.6 Å². The Morgan fingerprint density at radius 3 is 2.52 bits per heavy atom. The summed E-state index contributed by atoms with van der Waals surface area (Å²) in [7, 11) is 1.39. The van der Waals surface area contributed by atoms with Gasteiger partial charge in [0.25, 0.3) is 5.91 Å². The second kappa shape index (κ2) is 7.86. The van der Waals surface area contributed by atoms with Crippen LogP contribution in [0.5, 0.6) is 0 Å². The number of pyridine rings is 2. The molecule has 0 spiro atoms. The van der Waals surface area contributed by atoms with Gasteiger partial charge in [-0.15, -0.1) is 0 Å². The predicted octanol–water partition coefficient (Wildman–Crippen LogP) is 3.56. The van der Waals surface area contributed by atoms with E-state index in [9.17, 15) is 22.8 Å². The molecule has 0 atom stereocenters. The van der Waals surface area contributed by atoms with E-state index in [4.69, 9.17) is 0 Å². The van der Waals surface area contributed by atoms with Gasteiger partial charge < -0.3 is 10.2 Å². The van der Waals surface area contributed by atoms with Crippen molar-refractivity contribution in [3.63, 3.8) is 0 Å². The number of benzene rings is 1. The van der Waals surface area contributed by atoms with Crippen LogP contribution in [-0.2, 0) is 17.5 Å². The van der Waals surface area contributed by atoms with Gasteiger partial charge in [0, 0.05) is 31.2 Å². The molecule has 0 aliphatic rings. The number of hydrogen-bond donors (Lipinski definition) is 1. The van der Waals surface area contributed by atoms with E-state index < -0.39 is 23.6 Å². The van der Waals surface area contributed by atoms with Gasteiger partial charge in [0.15, 0.2) is 0 Å². The Hall–Kier alpha value is -3.49. The lowest BCUT2D eigenvalue weighted by Crippen LogP contribution is -2.25. The maximum absolute atomic E-state index is 13.6. The second-order valence-electron chi connectivity index (χ2n) is 6.34. The van der Waals surface area contributed by atoms with Crippen molar-refractivity contribution in [2.24, 2.45) is 0 Å². The van der Waals surface area contributed by atoms with Crippen LogP contribution in [0.25, 0.3) is 10.9 Å². The molecule has 6 nitrogen and oxygen atoms in total. The van der Waals surface area contributed by atoms with Gasteiger partial charge in [-0.1, -0.05) is 12.1 Å². The molecular formula is C20H17F3N4O2. The molecule has 0 fully saturated rings. The zero-order valence-electron chi connectivity index (χ0n) is 15.6. The fourth-order valence-electron chi connectivity index (χ4n) is 2.70. The molecule has 0 bridgehead atoms. The van der Waals surface area contributed by atoms with Crippen LogP contribution in [0.3, 0.4) is 0 Å². The first-order chi connectivity index (χ1) is 13.7. The largest absolute Gasteiger partial charge is 0.418 e. The third-order valence-electron chi connectivity index (χ3n) is 4.33. The van der Waals surface area contributed by atoms with Crippen molar-refractivity contribution >= 4 is 28.4 Å². The Morgan fingerprint density at radius 1 is 1.14 bits per heavy atom. The minimum atomic E-state index is -4.71. The summed E-state index contributed by atoms with van der Waals surface area (Å²) in [5.41, 5.74) is -0.825. The van der Waals surface area contributed by atoms with Gasteiger partial charge >= 0.3 is 6.18 Å². The highest BCUT2D eigenvalue weighted by Gasteiger charge is 2.34. The van der Waals surface area contributed by atoms with Crippen molar-refractivity contribution in [2.75, 3.05) is 11.9 Å². The molecule has 0 saturated carbocycles. The lowest BCUT2D eigenvalue weighted by Gasteiger charge is -2.19. The molecule has 3 aromatic rings. The maximum Gasteiger partial charge on any atom is 0.418 e. The number of nitrogens with zero attached hydrogens (tertiary/aromatic N) is 3. The van der Waals surface area contributed by atoms with Gasteiger partial charge in [0.1, 0.15) is 5.69 Å². The van der Waals surface area contributed by atoms with E-state index in [2.05, 4.69) is 15.3 Å². The first kappa shape index (κ1) is 20.2. The van der Waals surface area contributed by atoms with E-state index in [0.29, 0.717) is 5.69 Å². The van der Waals surface area contributed by atoms with Crippen molar-refractivity contribution in [1.82, 2.24) is 15.3 Å². The average Bonchev–Trinajstić information content (AvgIpc) is 2.70. The van der Waals surface area contributed by atoms with Gasteiger partial charge in [0.2, 0.25) is 5.91 Å². The standard InChI is InChI=1S/C20H17F3N4O2/c1-12(28)27(2)15-9-13-6-7-17(26-18(13)16(10-15)20(21,22)23)19(29)25-11-14-5-3-4-8-24-14/h3-10H,11H2,1-2H3,(H,25,29). The summed E-state index contributed by atoms with van der Waals surface area (Å²) in [4.78, 5) is 33.0. The molecule has 0 aliphatic heterocycles. The van der Waals surface area contributed by atoms with Crippen LogP contribution >= 0.6 is 0 Å². The lowest BCUT2D eigenvalue weighted by molar-refractivity contribution is -0.136. The highest BCUT2D eigenvalue weighted by Crippen LogP contribution is 2.37. The molecule has 1 aromatic carbocycles. The van der Waals surface area contributed by atoms with Gasteiger partial charge in [-0.2, -0.15) is 13.2 Å². The van der Waals surface area contributed by atoms with Gasteiger partial charge in [-0.25, -0.2) is 4.98 Å². The van der Waals surface area contributed by atoms with Crippen LogP contribution in [0.4, 0.5) is 18.9 Å². The fourth-order valence-corrected chi connectivity index (χ4v) is 2.70. The van der Waals surface area contributed by atoms with Crippen molar-refractivity contribution < 1.29 is 22.8 Å². The van der Waals surface area contributed by atoms with Crippen LogP contribution in [0, 0.1) is 0 Å². The molecule has 0 radical (unpaired) electrons. The quantitative estimate of drug-likeness (QED) is 0.724. The summed E-state index contributed by atoms with van der Waals surface area (Å²) < 4.78 is 40.8. The molecule has 29 heavy (non-hydrogen) atoms. The molecule has 1 N–H and O–H groups in total.